The van der Waals surface area contributed by atoms with Gasteiger partial charge in [0.25, 0.3) is 0 Å². The Labute approximate surface area is 164 Å². The van der Waals surface area contributed by atoms with E-state index in [-0.39, 0.29) is 0 Å². The van der Waals surface area contributed by atoms with E-state index in [0.29, 0.717) is 38.3 Å². The molecule has 0 fully saturated rings. The van der Waals surface area contributed by atoms with Gasteiger partial charge in [0.05, 0.1) is 38.9 Å². The summed E-state index contributed by atoms with van der Waals surface area (Å²) in [5.41, 5.74) is 4.13. The Morgan fingerprint density at radius 1 is 0.885 bits per heavy atom. The van der Waals surface area contributed by atoms with Crippen molar-refractivity contribution in [1.29, 1.82) is 0 Å². The van der Waals surface area contributed by atoms with Crippen LogP contribution in [0, 0.1) is 0 Å². The van der Waals surface area contributed by atoms with Gasteiger partial charge in [0.1, 0.15) is 0 Å². The van der Waals surface area contributed by atoms with Crippen LogP contribution in [0.15, 0.2) is 18.2 Å². The van der Waals surface area contributed by atoms with Gasteiger partial charge in [0.15, 0.2) is 0 Å². The van der Waals surface area contributed by atoms with Gasteiger partial charge in [-0.15, -0.1) is 11.8 Å². The molecule has 26 heavy (non-hydrogen) atoms. The molecule has 0 aliphatic rings. The highest BCUT2D eigenvalue weighted by Crippen LogP contribution is 2.23. The van der Waals surface area contributed by atoms with Gasteiger partial charge in [-0.2, -0.15) is 0 Å². The second-order valence-electron chi connectivity index (χ2n) is 6.54. The Balaban J connectivity index is 2.56. The predicted molar refractivity (Wildman–Crippen MR) is 114 cm³/mol. The molecule has 5 heteroatoms. The van der Waals surface area contributed by atoms with Crippen LogP contribution in [-0.4, -0.2) is 57.8 Å². The summed E-state index contributed by atoms with van der Waals surface area (Å²) in [5.74, 6) is 0.988. The number of hydrogen-bond acceptors (Lipinski definition) is 5. The highest BCUT2D eigenvalue weighted by Gasteiger charge is 2.10. The van der Waals surface area contributed by atoms with Gasteiger partial charge < -0.3 is 19.1 Å². The Morgan fingerprint density at radius 2 is 1.46 bits per heavy atom. The first kappa shape index (κ1) is 23.3. The Hall–Kier alpha value is -0.750. The first-order valence-corrected chi connectivity index (χ1v) is 10.8. The largest absolute Gasteiger partial charge is 0.382 e. The standard InChI is InChI=1S/C21H37NO3S/c1-6-19-14-20(7-2)16-21(15-19)22(17-26-18(3)4)8-9-24-12-13-25-11-10-23-5/h14-16,18H,6-13,17H2,1-5H3. The molecule has 0 radical (unpaired) electrons. The van der Waals surface area contributed by atoms with Gasteiger partial charge in [-0.05, 0) is 36.1 Å². The van der Waals surface area contributed by atoms with Gasteiger partial charge >= 0.3 is 0 Å². The first-order valence-electron chi connectivity index (χ1n) is 9.74. The van der Waals surface area contributed by atoms with E-state index in [1.807, 2.05) is 11.8 Å². The van der Waals surface area contributed by atoms with Gasteiger partial charge in [-0.1, -0.05) is 33.8 Å². The summed E-state index contributed by atoms with van der Waals surface area (Å²) in [6, 6.07) is 6.98. The lowest BCUT2D eigenvalue weighted by atomic mass is 10.1. The molecule has 0 N–H and O–H groups in total. The number of ether oxygens (including phenoxy) is 3. The number of aryl methyl sites for hydroxylation is 2. The molecule has 0 aliphatic carbocycles. The van der Waals surface area contributed by atoms with Gasteiger partial charge in [-0.3, -0.25) is 0 Å². The number of benzene rings is 1. The highest BCUT2D eigenvalue weighted by molar-refractivity contribution is 7.99. The topological polar surface area (TPSA) is 30.9 Å². The maximum Gasteiger partial charge on any atom is 0.0701 e. The van der Waals surface area contributed by atoms with E-state index in [4.69, 9.17) is 14.2 Å². The minimum atomic E-state index is 0.618. The molecule has 4 nitrogen and oxygen atoms in total. The molecule has 1 rings (SSSR count). The molecule has 0 bridgehead atoms. The first-order chi connectivity index (χ1) is 12.6. The van der Waals surface area contributed by atoms with Gasteiger partial charge in [-0.25, -0.2) is 0 Å². The number of anilines is 1. The summed E-state index contributed by atoms with van der Waals surface area (Å²) in [5, 5.41) is 0.618. The minimum absolute atomic E-state index is 0.618. The fraction of sp³-hybridized carbons (Fsp3) is 0.714. The average Bonchev–Trinajstić information content (AvgIpc) is 2.65. The molecule has 0 heterocycles. The SMILES string of the molecule is CCc1cc(CC)cc(N(CCOCCOCCOC)CSC(C)C)c1. The third kappa shape index (κ3) is 9.81. The van der Waals surface area contributed by atoms with Crippen molar-refractivity contribution in [2.24, 2.45) is 0 Å². The Bertz CT molecular complexity index is 460. The molecular weight excluding hydrogens is 346 g/mol. The third-order valence-corrected chi connectivity index (χ3v) is 5.22. The van der Waals surface area contributed by atoms with Crippen LogP contribution in [0.25, 0.3) is 0 Å². The van der Waals surface area contributed by atoms with Crippen molar-refractivity contribution < 1.29 is 14.2 Å². The molecule has 0 amide bonds. The summed E-state index contributed by atoms with van der Waals surface area (Å²) in [6.07, 6.45) is 2.14. The molecule has 0 saturated carbocycles. The molecule has 0 atom stereocenters. The molecule has 150 valence electrons. The fourth-order valence-corrected chi connectivity index (χ4v) is 3.24. The van der Waals surface area contributed by atoms with Crippen LogP contribution < -0.4 is 4.90 Å². The summed E-state index contributed by atoms with van der Waals surface area (Å²) in [4.78, 5) is 2.44. The van der Waals surface area contributed by atoms with Crippen molar-refractivity contribution in [2.45, 2.75) is 45.8 Å². The van der Waals surface area contributed by atoms with Crippen molar-refractivity contribution in [2.75, 3.05) is 57.5 Å². The summed E-state index contributed by atoms with van der Waals surface area (Å²) < 4.78 is 16.2. The zero-order valence-electron chi connectivity index (χ0n) is 17.3. The lowest BCUT2D eigenvalue weighted by Gasteiger charge is -2.26. The average molecular weight is 384 g/mol. The molecular formula is C21H37NO3S. The van der Waals surface area contributed by atoms with E-state index >= 15 is 0 Å². The van der Waals surface area contributed by atoms with E-state index in [0.717, 1.165) is 25.3 Å². The van der Waals surface area contributed by atoms with E-state index in [1.165, 1.54) is 16.8 Å². The zero-order valence-corrected chi connectivity index (χ0v) is 18.1. The predicted octanol–water partition coefficient (Wildman–Crippen LogP) is 4.40. The monoisotopic (exact) mass is 383 g/mol. The van der Waals surface area contributed by atoms with Crippen molar-refractivity contribution in [3.8, 4) is 0 Å². The maximum atomic E-state index is 5.77. The quantitative estimate of drug-likeness (QED) is 0.331. The normalized spacial score (nSPS) is 11.3. The van der Waals surface area contributed by atoms with E-state index in [1.54, 1.807) is 7.11 Å². The Kier molecular flexibility index (Phi) is 12.8. The van der Waals surface area contributed by atoms with Crippen LogP contribution in [0.2, 0.25) is 0 Å². The van der Waals surface area contributed by atoms with Crippen molar-refractivity contribution >= 4 is 17.4 Å². The highest BCUT2D eigenvalue weighted by atomic mass is 32.2. The zero-order chi connectivity index (χ0) is 19.2. The Morgan fingerprint density at radius 3 is 2.00 bits per heavy atom. The number of hydrogen-bond donors (Lipinski definition) is 0. The van der Waals surface area contributed by atoms with Crippen LogP contribution in [0.4, 0.5) is 5.69 Å². The lowest BCUT2D eigenvalue weighted by molar-refractivity contribution is 0.0265. The van der Waals surface area contributed by atoms with E-state index < -0.39 is 0 Å². The molecule has 0 aromatic heterocycles. The van der Waals surface area contributed by atoms with Gasteiger partial charge in [0, 0.05) is 24.6 Å². The lowest BCUT2D eigenvalue weighted by Crippen LogP contribution is -2.28. The number of thioether (sulfide) groups is 1. The van der Waals surface area contributed by atoms with Crippen LogP contribution in [0.5, 0.6) is 0 Å². The van der Waals surface area contributed by atoms with Crippen LogP contribution >= 0.6 is 11.8 Å². The molecule has 0 aliphatic heterocycles. The fourth-order valence-electron chi connectivity index (χ4n) is 2.48. The molecule has 1 aromatic carbocycles. The van der Waals surface area contributed by atoms with Crippen molar-refractivity contribution in [3.63, 3.8) is 0 Å². The second kappa shape index (κ2) is 14.3. The third-order valence-electron chi connectivity index (χ3n) is 4.09. The number of nitrogens with zero attached hydrogens (tertiary/aromatic N) is 1. The maximum absolute atomic E-state index is 5.77. The summed E-state index contributed by atoms with van der Waals surface area (Å²) in [7, 11) is 1.68. The van der Waals surface area contributed by atoms with Crippen molar-refractivity contribution in [3.05, 3.63) is 29.3 Å². The second-order valence-corrected chi connectivity index (χ2v) is 8.07. The molecule has 0 saturated heterocycles. The van der Waals surface area contributed by atoms with Crippen LogP contribution in [-0.2, 0) is 27.1 Å². The van der Waals surface area contributed by atoms with Crippen molar-refractivity contribution in [1.82, 2.24) is 0 Å². The molecule has 0 spiro atoms. The number of methoxy groups -OCH3 is 1. The molecule has 0 unspecified atom stereocenters. The molecule has 1 aromatic rings. The minimum Gasteiger partial charge on any atom is -0.382 e. The van der Waals surface area contributed by atoms with Crippen LogP contribution in [0.3, 0.4) is 0 Å². The van der Waals surface area contributed by atoms with Gasteiger partial charge in [0.2, 0.25) is 0 Å². The summed E-state index contributed by atoms with van der Waals surface area (Å²) in [6.45, 7) is 13.1. The van der Waals surface area contributed by atoms with E-state index in [2.05, 4.69) is 50.8 Å². The van der Waals surface area contributed by atoms with E-state index in [9.17, 15) is 0 Å². The smallest absolute Gasteiger partial charge is 0.0701 e. The number of rotatable bonds is 15. The van der Waals surface area contributed by atoms with Crippen LogP contribution in [0.1, 0.15) is 38.8 Å². The summed E-state index contributed by atoms with van der Waals surface area (Å²) >= 11 is 1.97.